The lowest BCUT2D eigenvalue weighted by molar-refractivity contribution is -0.0140. The second kappa shape index (κ2) is 6.28. The summed E-state index contributed by atoms with van der Waals surface area (Å²) in [5, 5.41) is 10.9. The molecule has 0 aliphatic carbocycles. The van der Waals surface area contributed by atoms with Crippen LogP contribution in [0.2, 0.25) is 0 Å². The molecule has 0 aromatic heterocycles. The summed E-state index contributed by atoms with van der Waals surface area (Å²) in [7, 11) is 0. The zero-order chi connectivity index (χ0) is 14.8. The molecule has 2 atom stereocenters. The Balaban J connectivity index is 2.21. The molecule has 1 fully saturated rings. The molecule has 112 valence electrons. The van der Waals surface area contributed by atoms with E-state index in [0.29, 0.717) is 5.92 Å². The van der Waals surface area contributed by atoms with Gasteiger partial charge in [0.1, 0.15) is 0 Å². The van der Waals surface area contributed by atoms with Gasteiger partial charge in [0.15, 0.2) is 0 Å². The first-order valence-corrected chi connectivity index (χ1v) is 8.02. The molecule has 1 aromatic carbocycles. The smallest absolute Gasteiger partial charge is 0.0970 e. The molecule has 0 amide bonds. The molecule has 2 unspecified atom stereocenters. The third kappa shape index (κ3) is 2.91. The average Bonchev–Trinajstić information content (AvgIpc) is 3.00. The van der Waals surface area contributed by atoms with Gasteiger partial charge in [-0.05, 0) is 56.3 Å². The van der Waals surface area contributed by atoms with Crippen LogP contribution in [0.1, 0.15) is 70.1 Å². The molecule has 1 N–H and O–H groups in total. The highest BCUT2D eigenvalue weighted by Crippen LogP contribution is 2.36. The van der Waals surface area contributed by atoms with Crippen LogP contribution in [0.5, 0.6) is 0 Å². The van der Waals surface area contributed by atoms with Gasteiger partial charge >= 0.3 is 0 Å². The number of benzene rings is 1. The molecule has 1 aliphatic rings. The molecule has 0 bridgehead atoms. The van der Waals surface area contributed by atoms with E-state index in [1.807, 2.05) is 0 Å². The molecular formula is C18H29NO. The maximum Gasteiger partial charge on any atom is 0.0970 e. The van der Waals surface area contributed by atoms with E-state index in [1.165, 1.54) is 18.4 Å². The van der Waals surface area contributed by atoms with Crippen molar-refractivity contribution in [3.63, 3.8) is 0 Å². The van der Waals surface area contributed by atoms with Crippen molar-refractivity contribution in [2.45, 2.75) is 64.5 Å². The molecule has 0 saturated carbocycles. The molecular weight excluding hydrogens is 246 g/mol. The van der Waals surface area contributed by atoms with E-state index in [1.54, 1.807) is 0 Å². The Kier molecular flexibility index (Phi) is 4.87. The Labute approximate surface area is 123 Å². The van der Waals surface area contributed by atoms with Crippen LogP contribution in [-0.4, -0.2) is 28.6 Å². The van der Waals surface area contributed by atoms with Crippen LogP contribution in [-0.2, 0) is 0 Å². The maximum absolute atomic E-state index is 10.9. The predicted molar refractivity (Wildman–Crippen MR) is 85.0 cm³/mol. The third-order valence-corrected chi connectivity index (χ3v) is 5.05. The minimum atomic E-state index is -0.410. The highest BCUT2D eigenvalue weighted by atomic mass is 16.3. The first-order valence-electron chi connectivity index (χ1n) is 8.02. The van der Waals surface area contributed by atoms with E-state index in [2.05, 4.69) is 56.9 Å². The monoisotopic (exact) mass is 275 g/mol. The second-order valence-electron chi connectivity index (χ2n) is 6.63. The van der Waals surface area contributed by atoms with Gasteiger partial charge in [-0.15, -0.1) is 0 Å². The molecule has 1 heterocycles. The number of hydrogen-bond donors (Lipinski definition) is 1. The Hall–Kier alpha value is -0.860. The summed E-state index contributed by atoms with van der Waals surface area (Å²) in [6.45, 7) is 11.0. The summed E-state index contributed by atoms with van der Waals surface area (Å²) >= 11 is 0. The lowest BCUT2D eigenvalue weighted by Gasteiger charge is -2.42. The lowest BCUT2D eigenvalue weighted by atomic mass is 9.85. The van der Waals surface area contributed by atoms with Crippen molar-refractivity contribution in [1.29, 1.82) is 0 Å². The Bertz CT molecular complexity index is 420. The standard InChI is InChI=1S/C18H29NO/c1-5-18(4,19-12-6-7-13-19)17(20)16-10-8-15(9-11-16)14(2)3/h8-11,14,17,20H,5-7,12-13H2,1-4H3. The fourth-order valence-corrected chi connectivity index (χ4v) is 3.24. The minimum absolute atomic E-state index is 0.143. The number of nitrogens with zero attached hydrogens (tertiary/aromatic N) is 1. The van der Waals surface area contributed by atoms with Gasteiger partial charge in [-0.2, -0.15) is 0 Å². The van der Waals surface area contributed by atoms with Crippen LogP contribution in [0.15, 0.2) is 24.3 Å². The maximum atomic E-state index is 10.9. The summed E-state index contributed by atoms with van der Waals surface area (Å²) in [6.07, 6.45) is 3.08. The van der Waals surface area contributed by atoms with Gasteiger partial charge < -0.3 is 5.11 Å². The van der Waals surface area contributed by atoms with Crippen molar-refractivity contribution in [3.05, 3.63) is 35.4 Å². The van der Waals surface area contributed by atoms with Gasteiger partial charge in [-0.25, -0.2) is 0 Å². The second-order valence-corrected chi connectivity index (χ2v) is 6.63. The zero-order valence-corrected chi connectivity index (χ0v) is 13.4. The van der Waals surface area contributed by atoms with Gasteiger partial charge in [-0.1, -0.05) is 45.0 Å². The topological polar surface area (TPSA) is 23.5 Å². The molecule has 2 nitrogen and oxygen atoms in total. The van der Waals surface area contributed by atoms with E-state index < -0.39 is 6.10 Å². The Morgan fingerprint density at radius 1 is 1.10 bits per heavy atom. The highest BCUT2D eigenvalue weighted by Gasteiger charge is 2.39. The number of hydrogen-bond acceptors (Lipinski definition) is 2. The van der Waals surface area contributed by atoms with Crippen molar-refractivity contribution < 1.29 is 5.11 Å². The van der Waals surface area contributed by atoms with Crippen LogP contribution in [0.4, 0.5) is 0 Å². The Morgan fingerprint density at radius 2 is 1.60 bits per heavy atom. The van der Waals surface area contributed by atoms with Crippen LogP contribution in [0.3, 0.4) is 0 Å². The predicted octanol–water partition coefficient (Wildman–Crippen LogP) is 4.11. The normalized spacial score (nSPS) is 21.1. The highest BCUT2D eigenvalue weighted by molar-refractivity contribution is 5.28. The van der Waals surface area contributed by atoms with Gasteiger partial charge in [0.25, 0.3) is 0 Å². The summed E-state index contributed by atoms with van der Waals surface area (Å²) in [6, 6.07) is 8.51. The molecule has 2 rings (SSSR count). The molecule has 0 radical (unpaired) electrons. The zero-order valence-electron chi connectivity index (χ0n) is 13.4. The van der Waals surface area contributed by atoms with Gasteiger partial charge in [0.2, 0.25) is 0 Å². The van der Waals surface area contributed by atoms with E-state index in [-0.39, 0.29) is 5.54 Å². The summed E-state index contributed by atoms with van der Waals surface area (Å²) in [4.78, 5) is 2.47. The SMILES string of the molecule is CCC(C)(C(O)c1ccc(C(C)C)cc1)N1CCCC1. The summed E-state index contributed by atoms with van der Waals surface area (Å²) in [5.74, 6) is 0.539. The quantitative estimate of drug-likeness (QED) is 0.874. The first kappa shape index (κ1) is 15.5. The van der Waals surface area contributed by atoms with Crippen LogP contribution >= 0.6 is 0 Å². The van der Waals surface area contributed by atoms with Crippen molar-refractivity contribution in [2.75, 3.05) is 13.1 Å². The lowest BCUT2D eigenvalue weighted by Crippen LogP contribution is -2.48. The van der Waals surface area contributed by atoms with Gasteiger partial charge in [0.05, 0.1) is 6.10 Å². The van der Waals surface area contributed by atoms with Crippen molar-refractivity contribution >= 4 is 0 Å². The van der Waals surface area contributed by atoms with E-state index in [4.69, 9.17) is 0 Å². The fraction of sp³-hybridized carbons (Fsp3) is 0.667. The minimum Gasteiger partial charge on any atom is -0.386 e. The first-order chi connectivity index (χ1) is 9.49. The number of aliphatic hydroxyl groups excluding tert-OH is 1. The average molecular weight is 275 g/mol. The Morgan fingerprint density at radius 3 is 2.05 bits per heavy atom. The van der Waals surface area contributed by atoms with Crippen molar-refractivity contribution in [3.8, 4) is 0 Å². The molecule has 1 saturated heterocycles. The largest absolute Gasteiger partial charge is 0.386 e. The number of aliphatic hydroxyl groups is 1. The van der Waals surface area contributed by atoms with Crippen LogP contribution < -0.4 is 0 Å². The van der Waals surface area contributed by atoms with Crippen molar-refractivity contribution in [2.24, 2.45) is 0 Å². The molecule has 1 aromatic rings. The number of likely N-dealkylation sites (tertiary alicyclic amines) is 1. The molecule has 1 aliphatic heterocycles. The van der Waals surface area contributed by atoms with Crippen molar-refractivity contribution in [1.82, 2.24) is 4.90 Å². The number of rotatable bonds is 5. The molecule has 2 heteroatoms. The van der Waals surface area contributed by atoms with E-state index >= 15 is 0 Å². The van der Waals surface area contributed by atoms with Gasteiger partial charge in [-0.3, -0.25) is 4.90 Å². The molecule has 20 heavy (non-hydrogen) atoms. The van der Waals surface area contributed by atoms with Crippen LogP contribution in [0.25, 0.3) is 0 Å². The fourth-order valence-electron chi connectivity index (χ4n) is 3.24. The van der Waals surface area contributed by atoms with Gasteiger partial charge in [0, 0.05) is 5.54 Å². The van der Waals surface area contributed by atoms with Crippen LogP contribution in [0, 0.1) is 0 Å². The summed E-state index contributed by atoms with van der Waals surface area (Å²) < 4.78 is 0. The third-order valence-electron chi connectivity index (χ3n) is 5.05. The summed E-state index contributed by atoms with van der Waals surface area (Å²) in [5.41, 5.74) is 2.24. The van der Waals surface area contributed by atoms with E-state index in [0.717, 1.165) is 25.1 Å². The molecule has 0 spiro atoms. The van der Waals surface area contributed by atoms with E-state index in [9.17, 15) is 5.11 Å².